The van der Waals surface area contributed by atoms with Crippen LogP contribution >= 0.6 is 11.6 Å². The molecule has 0 saturated carbocycles. The lowest BCUT2D eigenvalue weighted by atomic mass is 9.99. The number of halogens is 1. The van der Waals surface area contributed by atoms with Crippen molar-refractivity contribution in [1.29, 1.82) is 0 Å². The standard InChI is InChI=1S/C10H16ClN3O/c1-6(2)4-8(12)10(15)9-7(11)5-13-14(9)3/h5-6,8H,4,12H2,1-3H3. The van der Waals surface area contributed by atoms with Crippen LogP contribution < -0.4 is 5.73 Å². The molecule has 84 valence electrons. The molecule has 0 fully saturated rings. The number of hydrogen-bond donors (Lipinski definition) is 1. The van der Waals surface area contributed by atoms with Gasteiger partial charge in [0.05, 0.1) is 17.3 Å². The van der Waals surface area contributed by atoms with Crippen molar-refractivity contribution in [3.8, 4) is 0 Å². The van der Waals surface area contributed by atoms with E-state index < -0.39 is 6.04 Å². The molecule has 0 aliphatic carbocycles. The summed E-state index contributed by atoms with van der Waals surface area (Å²) in [5.41, 5.74) is 6.19. The lowest BCUT2D eigenvalue weighted by Gasteiger charge is -2.13. The maximum atomic E-state index is 11.9. The number of nitrogens with two attached hydrogens (primary N) is 1. The number of carbonyl (C=O) groups is 1. The van der Waals surface area contributed by atoms with Gasteiger partial charge in [-0.05, 0) is 12.3 Å². The molecular weight excluding hydrogens is 214 g/mol. The number of aryl methyl sites for hydroxylation is 1. The summed E-state index contributed by atoms with van der Waals surface area (Å²) in [5, 5.41) is 4.27. The second-order valence-corrected chi connectivity index (χ2v) is 4.47. The van der Waals surface area contributed by atoms with Crippen molar-refractivity contribution >= 4 is 17.4 Å². The molecule has 0 bridgehead atoms. The van der Waals surface area contributed by atoms with Crippen molar-refractivity contribution in [1.82, 2.24) is 9.78 Å². The van der Waals surface area contributed by atoms with E-state index in [1.807, 2.05) is 13.8 Å². The zero-order chi connectivity index (χ0) is 11.6. The van der Waals surface area contributed by atoms with Gasteiger partial charge >= 0.3 is 0 Å². The first-order valence-electron chi connectivity index (χ1n) is 4.90. The van der Waals surface area contributed by atoms with Gasteiger partial charge in [-0.1, -0.05) is 25.4 Å². The Morgan fingerprint density at radius 3 is 2.67 bits per heavy atom. The van der Waals surface area contributed by atoms with Crippen molar-refractivity contribution in [2.45, 2.75) is 26.3 Å². The average molecular weight is 230 g/mol. The number of ketones is 1. The summed E-state index contributed by atoms with van der Waals surface area (Å²) in [6.07, 6.45) is 2.11. The molecule has 4 nitrogen and oxygen atoms in total. The number of nitrogens with zero attached hydrogens (tertiary/aromatic N) is 2. The van der Waals surface area contributed by atoms with Crippen molar-refractivity contribution in [3.63, 3.8) is 0 Å². The molecule has 0 saturated heterocycles. The molecule has 0 radical (unpaired) electrons. The SMILES string of the molecule is CC(C)CC(N)C(=O)c1c(Cl)cnn1C. The third-order valence-electron chi connectivity index (χ3n) is 2.19. The molecule has 0 aromatic carbocycles. The van der Waals surface area contributed by atoms with Gasteiger partial charge in [-0.3, -0.25) is 9.48 Å². The van der Waals surface area contributed by atoms with Crippen LogP contribution in [0.3, 0.4) is 0 Å². The highest BCUT2D eigenvalue weighted by Crippen LogP contribution is 2.17. The predicted molar refractivity (Wildman–Crippen MR) is 60.0 cm³/mol. The Bertz CT molecular complexity index is 340. The van der Waals surface area contributed by atoms with Gasteiger partial charge in [0.2, 0.25) is 0 Å². The van der Waals surface area contributed by atoms with E-state index in [2.05, 4.69) is 5.10 Å². The van der Waals surface area contributed by atoms with Crippen LogP contribution in [0.1, 0.15) is 30.8 Å². The molecular formula is C10H16ClN3O. The Balaban J connectivity index is 2.85. The van der Waals surface area contributed by atoms with Gasteiger partial charge in [0.15, 0.2) is 5.78 Å². The molecule has 0 aliphatic rings. The molecule has 1 aromatic heterocycles. The number of aromatic nitrogens is 2. The quantitative estimate of drug-likeness (QED) is 0.799. The van der Waals surface area contributed by atoms with Crippen molar-refractivity contribution in [3.05, 3.63) is 16.9 Å². The van der Waals surface area contributed by atoms with Gasteiger partial charge in [0.25, 0.3) is 0 Å². The summed E-state index contributed by atoms with van der Waals surface area (Å²) in [6, 6.07) is -0.502. The highest BCUT2D eigenvalue weighted by atomic mass is 35.5. The Hall–Kier alpha value is -0.870. The lowest BCUT2D eigenvalue weighted by Crippen LogP contribution is -2.33. The number of Topliss-reactive ketones (excluding diaryl/α,β-unsaturated/α-hetero) is 1. The molecule has 0 aliphatic heterocycles. The smallest absolute Gasteiger partial charge is 0.198 e. The fraction of sp³-hybridized carbons (Fsp3) is 0.600. The Morgan fingerprint density at radius 1 is 1.67 bits per heavy atom. The van der Waals surface area contributed by atoms with E-state index in [1.165, 1.54) is 10.9 Å². The molecule has 1 atom stereocenters. The first kappa shape index (κ1) is 12.2. The van der Waals surface area contributed by atoms with Crippen LogP contribution in [0.2, 0.25) is 5.02 Å². The molecule has 1 aromatic rings. The summed E-state index contributed by atoms with van der Waals surface area (Å²) in [5.74, 6) is 0.240. The van der Waals surface area contributed by atoms with Crippen molar-refractivity contribution in [2.75, 3.05) is 0 Å². The molecule has 15 heavy (non-hydrogen) atoms. The Kier molecular flexibility index (Phi) is 3.88. The summed E-state index contributed by atoms with van der Waals surface area (Å²) in [6.45, 7) is 4.05. The topological polar surface area (TPSA) is 60.9 Å². The first-order chi connectivity index (χ1) is 6.93. The van der Waals surface area contributed by atoms with E-state index in [0.29, 0.717) is 23.1 Å². The maximum absolute atomic E-state index is 11.9. The zero-order valence-electron chi connectivity index (χ0n) is 9.20. The lowest BCUT2D eigenvalue weighted by molar-refractivity contribution is 0.0942. The predicted octanol–water partition coefficient (Wildman–Crippen LogP) is 1.63. The van der Waals surface area contributed by atoms with E-state index >= 15 is 0 Å². The highest BCUT2D eigenvalue weighted by molar-refractivity contribution is 6.33. The molecule has 1 heterocycles. The monoisotopic (exact) mass is 229 g/mol. The van der Waals surface area contributed by atoms with E-state index in [-0.39, 0.29) is 5.78 Å². The Labute approximate surface area is 94.4 Å². The van der Waals surface area contributed by atoms with E-state index in [1.54, 1.807) is 7.05 Å². The van der Waals surface area contributed by atoms with Gasteiger partial charge in [0.1, 0.15) is 5.69 Å². The molecule has 1 unspecified atom stereocenters. The van der Waals surface area contributed by atoms with Gasteiger partial charge in [-0.25, -0.2) is 0 Å². The molecule has 0 amide bonds. The van der Waals surface area contributed by atoms with E-state index in [4.69, 9.17) is 17.3 Å². The summed E-state index contributed by atoms with van der Waals surface area (Å²) in [4.78, 5) is 11.9. The summed E-state index contributed by atoms with van der Waals surface area (Å²) < 4.78 is 1.46. The van der Waals surface area contributed by atoms with E-state index in [9.17, 15) is 4.79 Å². The molecule has 2 N–H and O–H groups in total. The average Bonchev–Trinajstić information content (AvgIpc) is 2.44. The van der Waals surface area contributed by atoms with E-state index in [0.717, 1.165) is 0 Å². The van der Waals surface area contributed by atoms with Crippen LogP contribution in [-0.4, -0.2) is 21.6 Å². The summed E-state index contributed by atoms with van der Waals surface area (Å²) >= 11 is 5.86. The second-order valence-electron chi connectivity index (χ2n) is 4.07. The number of carbonyl (C=O) groups excluding carboxylic acids is 1. The largest absolute Gasteiger partial charge is 0.321 e. The fourth-order valence-corrected chi connectivity index (χ4v) is 1.74. The minimum Gasteiger partial charge on any atom is -0.321 e. The van der Waals surface area contributed by atoms with Crippen molar-refractivity contribution in [2.24, 2.45) is 18.7 Å². The minimum atomic E-state index is -0.502. The van der Waals surface area contributed by atoms with Crippen LogP contribution in [-0.2, 0) is 7.05 Å². The second kappa shape index (κ2) is 4.77. The molecule has 5 heteroatoms. The minimum absolute atomic E-state index is 0.145. The van der Waals surface area contributed by atoms with Crippen LogP contribution in [0.5, 0.6) is 0 Å². The van der Waals surface area contributed by atoms with Gasteiger partial charge in [0, 0.05) is 7.05 Å². The van der Waals surface area contributed by atoms with Crippen molar-refractivity contribution < 1.29 is 4.79 Å². The molecule has 0 spiro atoms. The number of rotatable bonds is 4. The normalized spacial score (nSPS) is 13.2. The third-order valence-corrected chi connectivity index (χ3v) is 2.47. The first-order valence-corrected chi connectivity index (χ1v) is 5.28. The zero-order valence-corrected chi connectivity index (χ0v) is 9.95. The van der Waals surface area contributed by atoms with Crippen LogP contribution in [0.25, 0.3) is 0 Å². The van der Waals surface area contributed by atoms with Gasteiger partial charge in [-0.15, -0.1) is 0 Å². The molecule has 1 rings (SSSR count). The highest BCUT2D eigenvalue weighted by Gasteiger charge is 2.22. The van der Waals surface area contributed by atoms with Crippen LogP contribution in [0.4, 0.5) is 0 Å². The van der Waals surface area contributed by atoms with Crippen LogP contribution in [0.15, 0.2) is 6.20 Å². The third kappa shape index (κ3) is 2.79. The maximum Gasteiger partial charge on any atom is 0.198 e. The number of hydrogen-bond acceptors (Lipinski definition) is 3. The van der Waals surface area contributed by atoms with Gasteiger partial charge in [-0.2, -0.15) is 5.10 Å². The van der Waals surface area contributed by atoms with Crippen LogP contribution in [0, 0.1) is 5.92 Å². The summed E-state index contributed by atoms with van der Waals surface area (Å²) in [7, 11) is 1.68. The van der Waals surface area contributed by atoms with Gasteiger partial charge < -0.3 is 5.73 Å². The Morgan fingerprint density at radius 2 is 2.27 bits per heavy atom. The fourth-order valence-electron chi connectivity index (χ4n) is 1.48.